The second-order valence-electron chi connectivity index (χ2n) is 4.62. The molecule has 0 saturated carbocycles. The lowest BCUT2D eigenvalue weighted by atomic mass is 10.1. The van der Waals surface area contributed by atoms with Gasteiger partial charge in [0.05, 0.1) is 19.9 Å². The van der Waals surface area contributed by atoms with Gasteiger partial charge in [0.25, 0.3) is 0 Å². The SMILES string of the molecule is COc1ccnc(CNC(C)c2ccccc2Cl)c1OC. The third kappa shape index (κ3) is 3.65. The van der Waals surface area contributed by atoms with Gasteiger partial charge in [0.15, 0.2) is 11.5 Å². The van der Waals surface area contributed by atoms with Crippen LogP contribution in [0, 0.1) is 0 Å². The Hall–Kier alpha value is -1.78. The number of hydrogen-bond acceptors (Lipinski definition) is 4. The molecule has 1 aromatic carbocycles. The maximum atomic E-state index is 6.21. The summed E-state index contributed by atoms with van der Waals surface area (Å²) in [5, 5.41) is 4.15. The van der Waals surface area contributed by atoms with Gasteiger partial charge < -0.3 is 14.8 Å². The van der Waals surface area contributed by atoms with Gasteiger partial charge >= 0.3 is 0 Å². The Morgan fingerprint density at radius 2 is 1.95 bits per heavy atom. The van der Waals surface area contributed by atoms with Crippen LogP contribution in [0.2, 0.25) is 5.02 Å². The highest BCUT2D eigenvalue weighted by Crippen LogP contribution is 2.29. The first-order valence-corrected chi connectivity index (χ1v) is 7.08. The number of ether oxygens (including phenoxy) is 2. The Balaban J connectivity index is 2.11. The Kier molecular flexibility index (Phi) is 5.42. The van der Waals surface area contributed by atoms with Crippen molar-refractivity contribution >= 4 is 11.6 Å². The second-order valence-corrected chi connectivity index (χ2v) is 5.02. The maximum absolute atomic E-state index is 6.21. The molecular weight excluding hydrogens is 288 g/mol. The number of methoxy groups -OCH3 is 2. The fourth-order valence-electron chi connectivity index (χ4n) is 2.16. The Morgan fingerprint density at radius 1 is 1.19 bits per heavy atom. The van der Waals surface area contributed by atoms with E-state index in [0.29, 0.717) is 18.0 Å². The Bertz CT molecular complexity index is 605. The molecule has 1 unspecified atom stereocenters. The number of hydrogen-bond donors (Lipinski definition) is 1. The number of benzene rings is 1. The quantitative estimate of drug-likeness (QED) is 0.885. The minimum absolute atomic E-state index is 0.108. The molecule has 0 aliphatic heterocycles. The molecule has 21 heavy (non-hydrogen) atoms. The maximum Gasteiger partial charge on any atom is 0.183 e. The van der Waals surface area contributed by atoms with Crippen molar-refractivity contribution < 1.29 is 9.47 Å². The third-order valence-corrected chi connectivity index (χ3v) is 3.66. The van der Waals surface area contributed by atoms with Crippen molar-refractivity contribution in [2.75, 3.05) is 14.2 Å². The summed E-state index contributed by atoms with van der Waals surface area (Å²) in [7, 11) is 3.22. The van der Waals surface area contributed by atoms with E-state index < -0.39 is 0 Å². The zero-order valence-electron chi connectivity index (χ0n) is 12.4. The van der Waals surface area contributed by atoms with Gasteiger partial charge in [0.2, 0.25) is 0 Å². The number of pyridine rings is 1. The van der Waals surface area contributed by atoms with Crippen molar-refractivity contribution in [2.45, 2.75) is 19.5 Å². The molecule has 1 heterocycles. The number of nitrogens with one attached hydrogen (secondary N) is 1. The molecule has 0 aliphatic carbocycles. The van der Waals surface area contributed by atoms with E-state index in [9.17, 15) is 0 Å². The molecule has 0 saturated heterocycles. The average molecular weight is 307 g/mol. The van der Waals surface area contributed by atoms with E-state index in [2.05, 4.69) is 17.2 Å². The smallest absolute Gasteiger partial charge is 0.183 e. The summed E-state index contributed by atoms with van der Waals surface area (Å²) in [5.41, 5.74) is 1.86. The van der Waals surface area contributed by atoms with Crippen molar-refractivity contribution in [3.63, 3.8) is 0 Å². The van der Waals surface area contributed by atoms with Gasteiger partial charge in [0.1, 0.15) is 0 Å². The van der Waals surface area contributed by atoms with E-state index in [1.54, 1.807) is 26.5 Å². The van der Waals surface area contributed by atoms with Gasteiger partial charge in [-0.05, 0) is 18.6 Å². The lowest BCUT2D eigenvalue weighted by molar-refractivity contribution is 0.347. The summed E-state index contributed by atoms with van der Waals surface area (Å²) < 4.78 is 10.6. The molecule has 0 radical (unpaired) electrons. The number of aromatic nitrogens is 1. The molecule has 2 aromatic rings. The predicted molar refractivity (Wildman–Crippen MR) is 84.0 cm³/mol. The minimum atomic E-state index is 0.108. The van der Waals surface area contributed by atoms with Crippen LogP contribution in [0.5, 0.6) is 11.5 Å². The zero-order valence-corrected chi connectivity index (χ0v) is 13.1. The molecule has 1 atom stereocenters. The van der Waals surface area contributed by atoms with Crippen LogP contribution in [-0.2, 0) is 6.54 Å². The molecule has 0 aliphatic rings. The van der Waals surface area contributed by atoms with Crippen molar-refractivity contribution in [3.05, 3.63) is 52.8 Å². The zero-order chi connectivity index (χ0) is 15.2. The van der Waals surface area contributed by atoms with Crippen LogP contribution in [0.25, 0.3) is 0 Å². The van der Waals surface area contributed by atoms with Gasteiger partial charge in [-0.15, -0.1) is 0 Å². The van der Waals surface area contributed by atoms with E-state index in [1.165, 1.54) is 0 Å². The van der Waals surface area contributed by atoms with Crippen molar-refractivity contribution in [1.29, 1.82) is 0 Å². The van der Waals surface area contributed by atoms with Crippen molar-refractivity contribution in [2.24, 2.45) is 0 Å². The monoisotopic (exact) mass is 306 g/mol. The van der Waals surface area contributed by atoms with Crippen LogP contribution in [0.1, 0.15) is 24.2 Å². The van der Waals surface area contributed by atoms with Crippen LogP contribution in [0.3, 0.4) is 0 Å². The topological polar surface area (TPSA) is 43.4 Å². The first-order valence-electron chi connectivity index (χ1n) is 6.71. The molecule has 2 rings (SSSR count). The molecule has 0 amide bonds. The number of rotatable bonds is 6. The van der Waals surface area contributed by atoms with Gasteiger partial charge in [-0.1, -0.05) is 29.8 Å². The summed E-state index contributed by atoms with van der Waals surface area (Å²) >= 11 is 6.21. The molecule has 0 bridgehead atoms. The van der Waals surface area contributed by atoms with Gasteiger partial charge in [-0.25, -0.2) is 0 Å². The molecule has 5 heteroatoms. The molecule has 1 aromatic heterocycles. The largest absolute Gasteiger partial charge is 0.493 e. The molecule has 0 spiro atoms. The first kappa shape index (κ1) is 15.6. The second kappa shape index (κ2) is 7.29. The lowest BCUT2D eigenvalue weighted by Crippen LogP contribution is -2.19. The van der Waals surface area contributed by atoms with E-state index in [1.807, 2.05) is 24.3 Å². The van der Waals surface area contributed by atoms with Gasteiger partial charge in [-0.3, -0.25) is 4.98 Å². The highest BCUT2D eigenvalue weighted by atomic mass is 35.5. The fourth-order valence-corrected chi connectivity index (χ4v) is 2.46. The van der Waals surface area contributed by atoms with E-state index >= 15 is 0 Å². The standard InChI is InChI=1S/C16H19ClN2O2/c1-11(12-6-4-5-7-13(12)17)19-10-14-16(21-3)15(20-2)8-9-18-14/h4-9,11,19H,10H2,1-3H3. The number of nitrogens with zero attached hydrogens (tertiary/aromatic N) is 1. The normalized spacial score (nSPS) is 12.0. The summed E-state index contributed by atoms with van der Waals surface area (Å²) in [6.07, 6.45) is 1.71. The van der Waals surface area contributed by atoms with Crippen LogP contribution < -0.4 is 14.8 Å². The van der Waals surface area contributed by atoms with E-state index in [0.717, 1.165) is 16.3 Å². The third-order valence-electron chi connectivity index (χ3n) is 3.31. The molecule has 4 nitrogen and oxygen atoms in total. The van der Waals surface area contributed by atoms with Crippen LogP contribution in [-0.4, -0.2) is 19.2 Å². The number of halogens is 1. The van der Waals surface area contributed by atoms with Gasteiger partial charge in [-0.2, -0.15) is 0 Å². The lowest BCUT2D eigenvalue weighted by Gasteiger charge is -2.17. The van der Waals surface area contributed by atoms with Crippen LogP contribution in [0.4, 0.5) is 0 Å². The molecular formula is C16H19ClN2O2. The summed E-state index contributed by atoms with van der Waals surface area (Å²) in [6.45, 7) is 2.63. The van der Waals surface area contributed by atoms with Crippen molar-refractivity contribution in [3.8, 4) is 11.5 Å². The predicted octanol–water partition coefficient (Wildman–Crippen LogP) is 3.60. The van der Waals surface area contributed by atoms with Gasteiger partial charge in [0, 0.05) is 29.9 Å². The first-order chi connectivity index (χ1) is 10.2. The van der Waals surface area contributed by atoms with Crippen molar-refractivity contribution in [1.82, 2.24) is 10.3 Å². The highest BCUT2D eigenvalue weighted by Gasteiger charge is 2.13. The average Bonchev–Trinajstić information content (AvgIpc) is 2.52. The Labute approximate surface area is 130 Å². The minimum Gasteiger partial charge on any atom is -0.493 e. The summed E-state index contributed by atoms with van der Waals surface area (Å²) in [4.78, 5) is 4.35. The highest BCUT2D eigenvalue weighted by molar-refractivity contribution is 6.31. The summed E-state index contributed by atoms with van der Waals surface area (Å²) in [5.74, 6) is 1.33. The fraction of sp³-hybridized carbons (Fsp3) is 0.312. The molecule has 112 valence electrons. The Morgan fingerprint density at radius 3 is 2.62 bits per heavy atom. The van der Waals surface area contributed by atoms with E-state index in [4.69, 9.17) is 21.1 Å². The van der Waals surface area contributed by atoms with E-state index in [-0.39, 0.29) is 6.04 Å². The van der Waals surface area contributed by atoms with Crippen LogP contribution in [0.15, 0.2) is 36.5 Å². The summed E-state index contributed by atoms with van der Waals surface area (Å²) in [6, 6.07) is 9.68. The van der Waals surface area contributed by atoms with Crippen LogP contribution >= 0.6 is 11.6 Å². The molecule has 1 N–H and O–H groups in total. The molecule has 0 fully saturated rings.